The maximum atomic E-state index is 12.8. The van der Waals surface area contributed by atoms with Crippen LogP contribution in [0.5, 0.6) is 0 Å². The molecule has 0 aliphatic carbocycles. The van der Waals surface area contributed by atoms with Crippen molar-refractivity contribution in [2.24, 2.45) is 0 Å². The molecule has 31 heavy (non-hydrogen) atoms. The van der Waals surface area contributed by atoms with Crippen LogP contribution in [0.15, 0.2) is 83.4 Å². The van der Waals surface area contributed by atoms with Gasteiger partial charge in [0.1, 0.15) is 0 Å². The number of hydrogen-bond donors (Lipinski definition) is 1. The second kappa shape index (κ2) is 8.56. The first-order chi connectivity index (χ1) is 14.9. The van der Waals surface area contributed by atoms with Crippen molar-refractivity contribution in [3.63, 3.8) is 0 Å². The Balaban J connectivity index is 1.53. The zero-order valence-corrected chi connectivity index (χ0v) is 17.9. The van der Waals surface area contributed by atoms with Crippen LogP contribution in [-0.4, -0.2) is 16.0 Å². The molecule has 0 aliphatic heterocycles. The molecule has 1 aromatic heterocycles. The fraction of sp³-hybridized carbons (Fsp3) is 0.192. The van der Waals surface area contributed by atoms with Crippen molar-refractivity contribution in [3.8, 4) is 11.5 Å². The molecule has 1 heterocycles. The van der Waals surface area contributed by atoms with Crippen LogP contribution in [0.3, 0.4) is 0 Å². The Morgan fingerprint density at radius 1 is 0.903 bits per heavy atom. The van der Waals surface area contributed by atoms with Gasteiger partial charge in [-0.25, -0.2) is 0 Å². The van der Waals surface area contributed by atoms with E-state index < -0.39 is 0 Å². The molecule has 0 saturated carbocycles. The van der Waals surface area contributed by atoms with Gasteiger partial charge in [-0.1, -0.05) is 80.5 Å². The molecule has 0 aliphatic rings. The number of aromatic nitrogens is 2. The summed E-state index contributed by atoms with van der Waals surface area (Å²) < 4.78 is 5.49. The molecule has 5 heteroatoms. The van der Waals surface area contributed by atoms with E-state index in [2.05, 4.69) is 36.2 Å². The third kappa shape index (κ3) is 4.89. The lowest BCUT2D eigenvalue weighted by Gasteiger charge is -2.19. The lowest BCUT2D eigenvalue weighted by atomic mass is 9.87. The molecular formula is C26H25N3O2. The van der Waals surface area contributed by atoms with Gasteiger partial charge >= 0.3 is 0 Å². The topological polar surface area (TPSA) is 68.0 Å². The first-order valence-corrected chi connectivity index (χ1v) is 10.3. The molecule has 4 rings (SSSR count). The number of rotatable bonds is 5. The summed E-state index contributed by atoms with van der Waals surface area (Å²) >= 11 is 0. The van der Waals surface area contributed by atoms with E-state index in [0.717, 1.165) is 5.56 Å². The number of para-hydroxylation sites is 1. The van der Waals surface area contributed by atoms with Gasteiger partial charge in [-0.05, 0) is 40.8 Å². The van der Waals surface area contributed by atoms with Gasteiger partial charge in [0, 0.05) is 12.0 Å². The Bertz CT molecular complexity index is 1170. The summed E-state index contributed by atoms with van der Waals surface area (Å²) in [7, 11) is 0. The van der Waals surface area contributed by atoms with Crippen LogP contribution in [0.2, 0.25) is 0 Å². The van der Waals surface area contributed by atoms with E-state index >= 15 is 0 Å². The highest BCUT2D eigenvalue weighted by Gasteiger charge is 2.17. The minimum atomic E-state index is -0.183. The SMILES string of the molecule is CC(C)(C)c1ccc(C(=O)Nc2ccccc2-c2nc(Cc3ccccc3)no2)cc1. The van der Waals surface area contributed by atoms with Crippen molar-refractivity contribution in [1.82, 2.24) is 10.1 Å². The quantitative estimate of drug-likeness (QED) is 0.445. The summed E-state index contributed by atoms with van der Waals surface area (Å²) in [5, 5.41) is 7.08. The lowest BCUT2D eigenvalue weighted by molar-refractivity contribution is 0.102. The summed E-state index contributed by atoms with van der Waals surface area (Å²) in [6.45, 7) is 6.44. The molecule has 0 bridgehead atoms. The maximum Gasteiger partial charge on any atom is 0.260 e. The summed E-state index contributed by atoms with van der Waals surface area (Å²) in [5.41, 5.74) is 4.24. The summed E-state index contributed by atoms with van der Waals surface area (Å²) in [6.07, 6.45) is 0.582. The van der Waals surface area contributed by atoms with Crippen LogP contribution in [0.4, 0.5) is 5.69 Å². The molecule has 4 aromatic rings. The second-order valence-corrected chi connectivity index (χ2v) is 8.51. The van der Waals surface area contributed by atoms with Gasteiger partial charge in [0.05, 0.1) is 11.3 Å². The Labute approximate surface area is 182 Å². The zero-order valence-electron chi connectivity index (χ0n) is 17.9. The normalized spacial score (nSPS) is 11.3. The highest BCUT2D eigenvalue weighted by atomic mass is 16.5. The Morgan fingerprint density at radius 3 is 2.29 bits per heavy atom. The van der Waals surface area contributed by atoms with Crippen LogP contribution >= 0.6 is 0 Å². The van der Waals surface area contributed by atoms with Crippen LogP contribution in [0.1, 0.15) is 48.1 Å². The van der Waals surface area contributed by atoms with E-state index in [9.17, 15) is 4.79 Å². The van der Waals surface area contributed by atoms with E-state index in [0.29, 0.717) is 35.0 Å². The van der Waals surface area contributed by atoms with Crippen molar-refractivity contribution in [3.05, 3.63) is 101 Å². The Morgan fingerprint density at radius 2 is 1.58 bits per heavy atom. The van der Waals surface area contributed by atoms with Gasteiger partial charge in [-0.15, -0.1) is 0 Å². The van der Waals surface area contributed by atoms with Gasteiger partial charge < -0.3 is 9.84 Å². The number of hydrogen-bond acceptors (Lipinski definition) is 4. The average molecular weight is 412 g/mol. The number of amides is 1. The van der Waals surface area contributed by atoms with Crippen molar-refractivity contribution in [2.75, 3.05) is 5.32 Å². The summed E-state index contributed by atoms with van der Waals surface area (Å²) in [4.78, 5) is 17.4. The van der Waals surface area contributed by atoms with Gasteiger partial charge in [-0.3, -0.25) is 4.79 Å². The predicted molar refractivity (Wildman–Crippen MR) is 122 cm³/mol. The smallest absolute Gasteiger partial charge is 0.260 e. The maximum absolute atomic E-state index is 12.8. The molecule has 0 fully saturated rings. The van der Waals surface area contributed by atoms with E-state index in [1.165, 1.54) is 5.56 Å². The standard InChI is InChI=1S/C26H25N3O2/c1-26(2,3)20-15-13-19(14-16-20)24(30)27-22-12-8-7-11-21(22)25-28-23(29-31-25)17-18-9-5-4-6-10-18/h4-16H,17H2,1-3H3,(H,27,30). The Hall–Kier alpha value is -3.73. The lowest BCUT2D eigenvalue weighted by Crippen LogP contribution is -2.14. The Kier molecular flexibility index (Phi) is 5.67. The molecule has 0 atom stereocenters. The highest BCUT2D eigenvalue weighted by molar-refractivity contribution is 6.06. The van der Waals surface area contributed by atoms with Crippen LogP contribution in [0, 0.1) is 0 Å². The minimum absolute atomic E-state index is 0.0387. The van der Waals surface area contributed by atoms with Gasteiger partial charge in [0.15, 0.2) is 5.82 Å². The van der Waals surface area contributed by atoms with Gasteiger partial charge in [0.25, 0.3) is 11.8 Å². The van der Waals surface area contributed by atoms with E-state index in [1.54, 1.807) is 0 Å². The van der Waals surface area contributed by atoms with Crippen molar-refractivity contribution in [2.45, 2.75) is 32.6 Å². The number of nitrogens with zero attached hydrogens (tertiary/aromatic N) is 2. The van der Waals surface area contributed by atoms with E-state index in [1.807, 2.05) is 78.9 Å². The molecular weight excluding hydrogens is 386 g/mol. The molecule has 0 saturated heterocycles. The first kappa shape index (κ1) is 20.5. The highest BCUT2D eigenvalue weighted by Crippen LogP contribution is 2.28. The molecule has 1 N–H and O–H groups in total. The van der Waals surface area contributed by atoms with Crippen LogP contribution in [-0.2, 0) is 11.8 Å². The van der Waals surface area contributed by atoms with Crippen molar-refractivity contribution < 1.29 is 9.32 Å². The molecule has 156 valence electrons. The largest absolute Gasteiger partial charge is 0.334 e. The molecule has 1 amide bonds. The fourth-order valence-electron chi connectivity index (χ4n) is 3.31. The van der Waals surface area contributed by atoms with Crippen LogP contribution in [0.25, 0.3) is 11.5 Å². The molecule has 3 aromatic carbocycles. The molecule has 0 radical (unpaired) electrons. The fourth-order valence-corrected chi connectivity index (χ4v) is 3.31. The third-order valence-electron chi connectivity index (χ3n) is 5.09. The second-order valence-electron chi connectivity index (χ2n) is 8.51. The average Bonchev–Trinajstić information content (AvgIpc) is 3.22. The van der Waals surface area contributed by atoms with Gasteiger partial charge in [-0.2, -0.15) is 4.98 Å². The third-order valence-corrected chi connectivity index (χ3v) is 5.09. The zero-order chi connectivity index (χ0) is 21.8. The van der Waals surface area contributed by atoms with Crippen molar-refractivity contribution in [1.29, 1.82) is 0 Å². The van der Waals surface area contributed by atoms with Crippen molar-refractivity contribution >= 4 is 11.6 Å². The predicted octanol–water partition coefficient (Wildman–Crippen LogP) is 5.88. The number of anilines is 1. The number of nitrogens with one attached hydrogen (secondary N) is 1. The molecule has 0 spiro atoms. The molecule has 0 unspecified atom stereocenters. The summed E-state index contributed by atoms with van der Waals surface area (Å²) in [5.74, 6) is 0.793. The number of benzene rings is 3. The van der Waals surface area contributed by atoms with Crippen LogP contribution < -0.4 is 5.32 Å². The summed E-state index contributed by atoms with van der Waals surface area (Å²) in [6, 6.07) is 25.1. The minimum Gasteiger partial charge on any atom is -0.334 e. The monoisotopic (exact) mass is 411 g/mol. The number of carbonyl (C=O) groups is 1. The van der Waals surface area contributed by atoms with E-state index in [4.69, 9.17) is 4.52 Å². The first-order valence-electron chi connectivity index (χ1n) is 10.3. The van der Waals surface area contributed by atoms with E-state index in [-0.39, 0.29) is 11.3 Å². The number of carbonyl (C=O) groups excluding carboxylic acids is 1. The molecule has 5 nitrogen and oxygen atoms in total. The van der Waals surface area contributed by atoms with Gasteiger partial charge in [0.2, 0.25) is 0 Å².